The number of carbonyl (C=O) groups is 1. The van der Waals surface area contributed by atoms with Crippen molar-refractivity contribution in [2.45, 2.75) is 32.8 Å². The maximum atomic E-state index is 11.3. The normalized spacial score (nSPS) is 14.7. The lowest BCUT2D eigenvalue weighted by Crippen LogP contribution is -2.43. The zero-order valence-electron chi connectivity index (χ0n) is 11.4. The van der Waals surface area contributed by atoms with Crippen LogP contribution in [0, 0.1) is 5.92 Å². The molecule has 0 aromatic carbocycles. The van der Waals surface area contributed by atoms with E-state index in [2.05, 4.69) is 10.6 Å². The summed E-state index contributed by atoms with van der Waals surface area (Å²) in [5, 5.41) is 15.8. The highest BCUT2D eigenvalue weighted by molar-refractivity contribution is 5.75. The van der Waals surface area contributed by atoms with Crippen molar-refractivity contribution in [3.8, 4) is 0 Å². The van der Waals surface area contributed by atoms with Crippen LogP contribution in [-0.2, 0) is 9.53 Å². The average Bonchev–Trinajstić information content (AvgIpc) is 2.24. The van der Waals surface area contributed by atoms with Crippen LogP contribution in [-0.4, -0.2) is 50.0 Å². The molecule has 0 saturated heterocycles. The lowest BCUT2D eigenvalue weighted by molar-refractivity contribution is -0.121. The van der Waals surface area contributed by atoms with E-state index in [0.29, 0.717) is 32.7 Å². The fourth-order valence-corrected chi connectivity index (χ4v) is 1.13. The third-order valence-electron chi connectivity index (χ3n) is 2.88. The van der Waals surface area contributed by atoms with Gasteiger partial charge in [0.05, 0.1) is 12.2 Å². The molecule has 102 valence electrons. The Bertz CT molecular complexity index is 218. The zero-order valence-corrected chi connectivity index (χ0v) is 11.4. The van der Waals surface area contributed by atoms with Crippen molar-refractivity contribution in [2.75, 3.05) is 33.4 Å². The highest BCUT2D eigenvalue weighted by Gasteiger charge is 2.23. The van der Waals surface area contributed by atoms with Gasteiger partial charge in [-0.1, -0.05) is 13.8 Å². The maximum Gasteiger partial charge on any atom is 0.221 e. The van der Waals surface area contributed by atoms with Crippen molar-refractivity contribution in [3.05, 3.63) is 0 Å². The summed E-state index contributed by atoms with van der Waals surface area (Å²) < 4.78 is 4.83. The highest BCUT2D eigenvalue weighted by Crippen LogP contribution is 2.14. The van der Waals surface area contributed by atoms with Crippen molar-refractivity contribution in [1.29, 1.82) is 0 Å². The summed E-state index contributed by atoms with van der Waals surface area (Å²) in [6.07, 6.45) is 0.415. The van der Waals surface area contributed by atoms with Crippen LogP contribution in [0.1, 0.15) is 27.2 Å². The number of nitrogens with one attached hydrogen (secondary N) is 2. The molecule has 0 fully saturated rings. The van der Waals surface area contributed by atoms with Gasteiger partial charge in [-0.15, -0.1) is 0 Å². The molecule has 5 nitrogen and oxygen atoms in total. The molecule has 1 unspecified atom stereocenters. The first-order valence-electron chi connectivity index (χ1n) is 6.09. The number of aliphatic hydroxyl groups is 1. The van der Waals surface area contributed by atoms with Gasteiger partial charge >= 0.3 is 0 Å². The van der Waals surface area contributed by atoms with Crippen LogP contribution in [0.2, 0.25) is 0 Å². The van der Waals surface area contributed by atoms with Gasteiger partial charge in [-0.05, 0) is 12.8 Å². The first-order valence-corrected chi connectivity index (χ1v) is 6.09. The van der Waals surface area contributed by atoms with Gasteiger partial charge in [-0.2, -0.15) is 0 Å². The summed E-state index contributed by atoms with van der Waals surface area (Å²) in [5.74, 6) is 0.185. The van der Waals surface area contributed by atoms with Gasteiger partial charge in [0.15, 0.2) is 0 Å². The predicted octanol–water partition coefficient (Wildman–Crippen LogP) is 0.136. The molecule has 0 aliphatic carbocycles. The van der Waals surface area contributed by atoms with Crippen molar-refractivity contribution < 1.29 is 14.6 Å². The second-order valence-corrected chi connectivity index (χ2v) is 4.78. The number of ether oxygens (including phenoxy) is 1. The molecule has 17 heavy (non-hydrogen) atoms. The molecule has 0 heterocycles. The average molecular weight is 246 g/mol. The van der Waals surface area contributed by atoms with E-state index in [0.717, 1.165) is 0 Å². The summed E-state index contributed by atoms with van der Waals surface area (Å²) in [6, 6.07) is 0. The highest BCUT2D eigenvalue weighted by atomic mass is 16.5. The number of amides is 1. The topological polar surface area (TPSA) is 70.6 Å². The van der Waals surface area contributed by atoms with Gasteiger partial charge in [0, 0.05) is 33.2 Å². The lowest BCUT2D eigenvalue weighted by atomic mass is 9.92. The van der Waals surface area contributed by atoms with E-state index in [1.54, 1.807) is 14.0 Å². The molecule has 0 radical (unpaired) electrons. The third kappa shape index (κ3) is 8.12. The zero-order chi connectivity index (χ0) is 13.3. The number of hydrogen-bond donors (Lipinski definition) is 3. The van der Waals surface area contributed by atoms with Crippen molar-refractivity contribution in [2.24, 2.45) is 5.92 Å². The molecule has 1 atom stereocenters. The van der Waals surface area contributed by atoms with E-state index in [4.69, 9.17) is 4.74 Å². The Balaban J connectivity index is 3.54. The summed E-state index contributed by atoms with van der Waals surface area (Å²) in [7, 11) is 1.60. The minimum atomic E-state index is -0.730. The first kappa shape index (κ1) is 16.4. The van der Waals surface area contributed by atoms with E-state index in [-0.39, 0.29) is 11.8 Å². The van der Waals surface area contributed by atoms with Crippen LogP contribution >= 0.6 is 0 Å². The van der Waals surface area contributed by atoms with Crippen LogP contribution in [0.5, 0.6) is 0 Å². The van der Waals surface area contributed by atoms with E-state index < -0.39 is 5.60 Å². The van der Waals surface area contributed by atoms with Gasteiger partial charge < -0.3 is 20.5 Å². The molecule has 0 rings (SSSR count). The third-order valence-corrected chi connectivity index (χ3v) is 2.88. The molecule has 0 aromatic rings. The first-order chi connectivity index (χ1) is 7.90. The predicted molar refractivity (Wildman–Crippen MR) is 67.8 cm³/mol. The molecule has 5 heteroatoms. The van der Waals surface area contributed by atoms with Crippen LogP contribution in [0.4, 0.5) is 0 Å². The Morgan fingerprint density at radius 2 is 2.06 bits per heavy atom. The molecule has 0 saturated carbocycles. The van der Waals surface area contributed by atoms with Crippen molar-refractivity contribution in [1.82, 2.24) is 10.6 Å². The van der Waals surface area contributed by atoms with Gasteiger partial charge in [-0.3, -0.25) is 4.79 Å². The van der Waals surface area contributed by atoms with E-state index >= 15 is 0 Å². The number of methoxy groups -OCH3 is 1. The standard InChI is InChI=1S/C12H26N2O3/c1-10(2)12(3,16)9-13-6-5-11(15)14-7-8-17-4/h10,13,16H,5-9H2,1-4H3,(H,14,15). The molecule has 0 aliphatic heterocycles. The molecule has 0 spiro atoms. The Morgan fingerprint density at radius 1 is 1.41 bits per heavy atom. The minimum Gasteiger partial charge on any atom is -0.389 e. The van der Waals surface area contributed by atoms with E-state index in [1.165, 1.54) is 0 Å². The molecule has 1 amide bonds. The second kappa shape index (κ2) is 8.44. The Kier molecular flexibility index (Phi) is 8.12. The van der Waals surface area contributed by atoms with Crippen molar-refractivity contribution in [3.63, 3.8) is 0 Å². The van der Waals surface area contributed by atoms with Gasteiger partial charge in [0.2, 0.25) is 5.91 Å². The smallest absolute Gasteiger partial charge is 0.221 e. The van der Waals surface area contributed by atoms with E-state index in [9.17, 15) is 9.90 Å². The van der Waals surface area contributed by atoms with Crippen LogP contribution < -0.4 is 10.6 Å². The Labute approximate surface area is 104 Å². The maximum absolute atomic E-state index is 11.3. The molecular weight excluding hydrogens is 220 g/mol. The number of hydrogen-bond acceptors (Lipinski definition) is 4. The minimum absolute atomic E-state index is 0.00117. The van der Waals surface area contributed by atoms with Crippen LogP contribution in [0.25, 0.3) is 0 Å². The van der Waals surface area contributed by atoms with Crippen molar-refractivity contribution >= 4 is 5.91 Å². The monoisotopic (exact) mass is 246 g/mol. The van der Waals surface area contributed by atoms with Gasteiger partial charge in [0.25, 0.3) is 0 Å². The molecule has 3 N–H and O–H groups in total. The summed E-state index contributed by atoms with van der Waals surface area (Å²) in [6.45, 7) is 7.87. The number of rotatable bonds is 9. The Morgan fingerprint density at radius 3 is 2.59 bits per heavy atom. The largest absolute Gasteiger partial charge is 0.389 e. The molecule has 0 aliphatic rings. The van der Waals surface area contributed by atoms with E-state index in [1.807, 2.05) is 13.8 Å². The summed E-state index contributed by atoms with van der Waals surface area (Å²) in [4.78, 5) is 11.3. The van der Waals surface area contributed by atoms with Crippen LogP contribution in [0.3, 0.4) is 0 Å². The van der Waals surface area contributed by atoms with Crippen LogP contribution in [0.15, 0.2) is 0 Å². The lowest BCUT2D eigenvalue weighted by Gasteiger charge is -2.27. The SMILES string of the molecule is COCCNC(=O)CCNCC(C)(O)C(C)C. The molecule has 0 aromatic heterocycles. The summed E-state index contributed by atoms with van der Waals surface area (Å²) in [5.41, 5.74) is -0.730. The second-order valence-electron chi connectivity index (χ2n) is 4.78. The quantitative estimate of drug-likeness (QED) is 0.506. The van der Waals surface area contributed by atoms with Gasteiger partial charge in [0.1, 0.15) is 0 Å². The summed E-state index contributed by atoms with van der Waals surface area (Å²) >= 11 is 0. The fourth-order valence-electron chi connectivity index (χ4n) is 1.13. The molecular formula is C12H26N2O3. The Hall–Kier alpha value is -0.650. The van der Waals surface area contributed by atoms with Gasteiger partial charge in [-0.25, -0.2) is 0 Å². The number of carbonyl (C=O) groups excluding carboxylic acids is 1. The fraction of sp³-hybridized carbons (Fsp3) is 0.917. The molecule has 0 bridgehead atoms.